The van der Waals surface area contributed by atoms with Gasteiger partial charge in [-0.25, -0.2) is 4.79 Å². The molecule has 0 aliphatic carbocycles. The molecule has 2 saturated heterocycles. The zero-order valence-corrected chi connectivity index (χ0v) is 16.4. The van der Waals surface area contributed by atoms with E-state index < -0.39 is 14.3 Å². The van der Waals surface area contributed by atoms with Crippen LogP contribution in [0.1, 0.15) is 13.3 Å². The lowest BCUT2D eigenvalue weighted by Crippen LogP contribution is -2.65. The van der Waals surface area contributed by atoms with Crippen molar-refractivity contribution in [3.63, 3.8) is 0 Å². The minimum absolute atomic E-state index is 0.0383. The van der Waals surface area contributed by atoms with Crippen molar-refractivity contribution < 1.29 is 19.1 Å². The number of carbonyl (C=O) groups is 2. The Bertz CT molecular complexity index is 571. The number of nitrogens with zero attached hydrogens (tertiary/aromatic N) is 1. The minimum Gasteiger partial charge on any atom is -0.477 e. The number of hydrogen-bond donors (Lipinski definition) is 2. The Kier molecular flexibility index (Phi) is 4.85. The van der Waals surface area contributed by atoms with Crippen molar-refractivity contribution in [2.45, 2.75) is 55.6 Å². The summed E-state index contributed by atoms with van der Waals surface area (Å²) in [7, 11) is -1.76. The second-order valence-electron chi connectivity index (χ2n) is 7.73. The van der Waals surface area contributed by atoms with E-state index >= 15 is 0 Å². The van der Waals surface area contributed by atoms with Crippen molar-refractivity contribution in [1.82, 2.24) is 10.2 Å². The number of carboxylic acid groups (broad SMARTS) is 1. The van der Waals surface area contributed by atoms with Gasteiger partial charge in [0.05, 0.1) is 18.1 Å². The number of amides is 1. The highest BCUT2D eigenvalue weighted by Crippen LogP contribution is 2.47. The van der Waals surface area contributed by atoms with Crippen molar-refractivity contribution in [1.29, 1.82) is 0 Å². The lowest BCUT2D eigenvalue weighted by molar-refractivity contribution is -0.160. The molecule has 0 bridgehead atoms. The van der Waals surface area contributed by atoms with Gasteiger partial charge >= 0.3 is 5.97 Å². The van der Waals surface area contributed by atoms with Gasteiger partial charge in [-0.1, -0.05) is 0 Å². The molecule has 0 spiro atoms. The van der Waals surface area contributed by atoms with E-state index in [0.717, 1.165) is 19.5 Å². The highest BCUT2D eigenvalue weighted by molar-refractivity contribution is 8.00. The molecule has 4 unspecified atom stereocenters. The van der Waals surface area contributed by atoms with Gasteiger partial charge < -0.3 is 19.7 Å². The first-order chi connectivity index (χ1) is 11.2. The lowest BCUT2D eigenvalue weighted by atomic mass is 9.83. The Labute approximate surface area is 148 Å². The van der Waals surface area contributed by atoms with Crippen LogP contribution in [-0.4, -0.2) is 65.9 Å². The van der Waals surface area contributed by atoms with Crippen LogP contribution in [0.2, 0.25) is 19.6 Å². The number of thioether (sulfide) groups is 1. The van der Waals surface area contributed by atoms with Crippen molar-refractivity contribution in [3.8, 4) is 0 Å². The average molecular weight is 371 g/mol. The molecule has 24 heavy (non-hydrogen) atoms. The molecular formula is C16H26N2O4SSi. The molecule has 0 saturated carbocycles. The number of nitrogens with one attached hydrogen (secondary N) is 1. The fourth-order valence-electron chi connectivity index (χ4n) is 3.87. The maximum Gasteiger partial charge on any atom is 0.352 e. The normalized spacial score (nSPS) is 33.9. The summed E-state index contributed by atoms with van der Waals surface area (Å²) in [5, 5.41) is 13.3. The summed E-state index contributed by atoms with van der Waals surface area (Å²) in [6.07, 6.45) is 2.69. The van der Waals surface area contributed by atoms with Crippen molar-refractivity contribution in [2.24, 2.45) is 5.92 Å². The average Bonchev–Trinajstić information content (AvgIpc) is 3.03. The molecule has 2 fully saturated rings. The van der Waals surface area contributed by atoms with Gasteiger partial charge in [0.1, 0.15) is 5.70 Å². The third-order valence-corrected chi connectivity index (χ3v) is 7.33. The van der Waals surface area contributed by atoms with Gasteiger partial charge in [-0.05, 0) is 45.6 Å². The van der Waals surface area contributed by atoms with Crippen LogP contribution in [0.15, 0.2) is 11.8 Å². The molecule has 0 aromatic heterocycles. The summed E-state index contributed by atoms with van der Waals surface area (Å²) in [6.45, 7) is 10.2. The van der Waals surface area contributed by atoms with E-state index in [1.165, 1.54) is 4.90 Å². The molecule has 134 valence electrons. The predicted octanol–water partition coefficient (Wildman–Crippen LogP) is 1.50. The van der Waals surface area contributed by atoms with Crippen molar-refractivity contribution in [2.75, 3.05) is 13.1 Å². The Morgan fingerprint density at radius 1 is 1.50 bits per heavy atom. The molecule has 0 aromatic rings. The molecule has 3 heterocycles. The van der Waals surface area contributed by atoms with E-state index in [2.05, 4.69) is 25.0 Å². The SMILES string of the molecule is CC(O[Si](C)(C)C)C1C(=O)N2C(C(=O)O)=CC(SC3CCNC3)[C@H]12. The summed E-state index contributed by atoms with van der Waals surface area (Å²) >= 11 is 1.80. The smallest absolute Gasteiger partial charge is 0.352 e. The third-order valence-electron chi connectivity index (χ3n) is 4.74. The van der Waals surface area contributed by atoms with Crippen LogP contribution < -0.4 is 5.32 Å². The molecule has 0 aromatic carbocycles. The number of hydrogen-bond acceptors (Lipinski definition) is 5. The van der Waals surface area contributed by atoms with Crippen LogP contribution in [0, 0.1) is 5.92 Å². The largest absolute Gasteiger partial charge is 0.477 e. The van der Waals surface area contributed by atoms with Gasteiger partial charge in [0, 0.05) is 17.0 Å². The van der Waals surface area contributed by atoms with Gasteiger partial charge in [-0.15, -0.1) is 11.8 Å². The Balaban J connectivity index is 1.77. The summed E-state index contributed by atoms with van der Waals surface area (Å²) in [5.74, 6) is -1.36. The minimum atomic E-state index is -1.76. The van der Waals surface area contributed by atoms with Gasteiger partial charge in [-0.3, -0.25) is 4.79 Å². The van der Waals surface area contributed by atoms with E-state index in [0.29, 0.717) is 5.25 Å². The highest BCUT2D eigenvalue weighted by Gasteiger charge is 2.59. The van der Waals surface area contributed by atoms with Crippen molar-refractivity contribution in [3.05, 3.63) is 11.8 Å². The van der Waals surface area contributed by atoms with Crippen molar-refractivity contribution >= 4 is 32.0 Å². The van der Waals surface area contributed by atoms with E-state index in [1.54, 1.807) is 17.8 Å². The molecule has 2 N–H and O–H groups in total. The van der Waals surface area contributed by atoms with E-state index in [-0.39, 0.29) is 34.9 Å². The summed E-state index contributed by atoms with van der Waals surface area (Å²) in [6, 6.07) is -0.0828. The number of carboxylic acids is 1. The second-order valence-corrected chi connectivity index (χ2v) is 13.7. The van der Waals surface area contributed by atoms with Gasteiger partial charge in [-0.2, -0.15) is 0 Å². The van der Waals surface area contributed by atoms with Crippen LogP contribution in [0.25, 0.3) is 0 Å². The highest BCUT2D eigenvalue weighted by atomic mass is 32.2. The monoisotopic (exact) mass is 370 g/mol. The topological polar surface area (TPSA) is 78.9 Å². The van der Waals surface area contributed by atoms with Gasteiger partial charge in [0.25, 0.3) is 0 Å². The number of β-lactam (4-membered cyclic amide) rings is 1. The molecule has 3 aliphatic rings. The van der Waals surface area contributed by atoms with Gasteiger partial charge in [0.15, 0.2) is 8.32 Å². The molecule has 3 aliphatic heterocycles. The Morgan fingerprint density at radius 3 is 2.75 bits per heavy atom. The Morgan fingerprint density at radius 2 is 2.21 bits per heavy atom. The molecule has 3 rings (SSSR count). The zero-order valence-electron chi connectivity index (χ0n) is 14.6. The first-order valence-corrected chi connectivity index (χ1v) is 12.9. The van der Waals surface area contributed by atoms with Gasteiger partial charge in [0.2, 0.25) is 5.91 Å². The number of aliphatic carboxylic acids is 1. The maximum atomic E-state index is 12.6. The third kappa shape index (κ3) is 3.29. The van der Waals surface area contributed by atoms with Crippen LogP contribution >= 0.6 is 11.8 Å². The van der Waals surface area contributed by atoms with Crippen LogP contribution in [0.5, 0.6) is 0 Å². The van der Waals surface area contributed by atoms with Crippen LogP contribution in [-0.2, 0) is 14.0 Å². The summed E-state index contributed by atoms with van der Waals surface area (Å²) in [5.41, 5.74) is 0.143. The number of fused-ring (bicyclic) bond motifs is 1. The van der Waals surface area contributed by atoms with E-state index in [4.69, 9.17) is 4.43 Å². The Hall–Kier alpha value is -0.833. The quantitative estimate of drug-likeness (QED) is 0.545. The summed E-state index contributed by atoms with van der Waals surface area (Å²) < 4.78 is 6.13. The number of rotatable bonds is 6. The second kappa shape index (κ2) is 6.47. The van der Waals surface area contributed by atoms with Crippen LogP contribution in [0.4, 0.5) is 0 Å². The number of carbonyl (C=O) groups excluding carboxylic acids is 1. The predicted molar refractivity (Wildman–Crippen MR) is 96.4 cm³/mol. The summed E-state index contributed by atoms with van der Waals surface area (Å²) in [4.78, 5) is 25.6. The van der Waals surface area contributed by atoms with E-state index in [1.807, 2.05) is 6.92 Å². The lowest BCUT2D eigenvalue weighted by Gasteiger charge is -2.49. The molecule has 1 amide bonds. The molecule has 6 nitrogen and oxygen atoms in total. The first-order valence-electron chi connectivity index (χ1n) is 8.51. The first kappa shape index (κ1) is 18.0. The zero-order chi connectivity index (χ0) is 17.6. The molecule has 8 heteroatoms. The van der Waals surface area contributed by atoms with Crippen LogP contribution in [0.3, 0.4) is 0 Å². The molecule has 5 atom stereocenters. The molecular weight excluding hydrogens is 344 g/mol. The van der Waals surface area contributed by atoms with E-state index in [9.17, 15) is 14.7 Å². The fourth-order valence-corrected chi connectivity index (χ4v) is 6.70. The standard InChI is InChI=1S/C16H26N2O4SSi/c1-9(22-24(2,3)4)13-14-12(23-10-5-6-17-8-10)7-11(16(20)21)18(14)15(13)19/h7,9-10,12-14,17H,5-6,8H2,1-4H3,(H,20,21)/t9?,10?,12?,13?,14-/m1/s1. The maximum absolute atomic E-state index is 12.6. The molecule has 0 radical (unpaired) electrons. The fraction of sp³-hybridized carbons (Fsp3) is 0.750.